The van der Waals surface area contributed by atoms with E-state index in [1.54, 1.807) is 0 Å². The molecule has 14 heavy (non-hydrogen) atoms. The highest BCUT2D eigenvalue weighted by Gasteiger charge is 2.29. The van der Waals surface area contributed by atoms with E-state index >= 15 is 0 Å². The zero-order valence-corrected chi connectivity index (χ0v) is 10.8. The van der Waals surface area contributed by atoms with Crippen LogP contribution < -0.4 is 5.73 Å². The van der Waals surface area contributed by atoms with Gasteiger partial charge in [0.15, 0.2) is 0 Å². The van der Waals surface area contributed by atoms with Gasteiger partial charge in [0.25, 0.3) is 0 Å². The first-order valence-corrected chi connectivity index (χ1v) is 6.06. The van der Waals surface area contributed by atoms with Crippen molar-refractivity contribution in [3.05, 3.63) is 0 Å². The summed E-state index contributed by atoms with van der Waals surface area (Å²) in [5, 5.41) is 0.835. The van der Waals surface area contributed by atoms with Gasteiger partial charge in [-0.25, -0.2) is 4.79 Å². The van der Waals surface area contributed by atoms with E-state index in [4.69, 9.17) is 10.5 Å². The molecule has 0 aliphatic carbocycles. The molecule has 0 saturated carbocycles. The maximum Gasteiger partial charge on any atom is 0.404 e. The number of primary amides is 1. The van der Waals surface area contributed by atoms with Gasteiger partial charge in [-0.05, 0) is 18.8 Å². The number of halogens is 1. The van der Waals surface area contributed by atoms with E-state index in [9.17, 15) is 4.79 Å². The van der Waals surface area contributed by atoms with Crippen LogP contribution in [-0.4, -0.2) is 18.0 Å². The molecule has 84 valence electrons. The fraction of sp³-hybridized carbons (Fsp3) is 0.900. The van der Waals surface area contributed by atoms with E-state index in [0.717, 1.165) is 18.2 Å². The third-order valence-corrected chi connectivity index (χ3v) is 3.58. The van der Waals surface area contributed by atoms with E-state index in [-0.39, 0.29) is 5.41 Å². The first kappa shape index (κ1) is 13.8. The normalized spacial score (nSPS) is 15.2. The summed E-state index contributed by atoms with van der Waals surface area (Å²) in [6.07, 6.45) is 1.32. The Morgan fingerprint density at radius 1 is 1.57 bits per heavy atom. The lowest BCUT2D eigenvalue weighted by Gasteiger charge is -2.31. The van der Waals surface area contributed by atoms with E-state index in [0.29, 0.717) is 12.5 Å². The number of hydrogen-bond donors (Lipinski definition) is 1. The summed E-state index contributed by atoms with van der Waals surface area (Å²) in [4.78, 5) is 10.5. The molecule has 0 spiro atoms. The SMILES string of the molecule is CCC(CBr)(COC(N)=O)CC(C)C. The molecule has 0 bridgehead atoms. The number of amides is 1. The van der Waals surface area contributed by atoms with Crippen molar-refractivity contribution in [2.75, 3.05) is 11.9 Å². The number of hydrogen-bond acceptors (Lipinski definition) is 2. The molecule has 3 nitrogen and oxygen atoms in total. The Labute approximate surface area is 94.5 Å². The van der Waals surface area contributed by atoms with Crippen molar-refractivity contribution in [2.45, 2.75) is 33.6 Å². The van der Waals surface area contributed by atoms with E-state index in [2.05, 4.69) is 36.7 Å². The molecule has 2 N–H and O–H groups in total. The third-order valence-electron chi connectivity index (χ3n) is 2.40. The molecule has 0 aromatic heterocycles. The molecule has 0 heterocycles. The lowest BCUT2D eigenvalue weighted by atomic mass is 9.80. The summed E-state index contributed by atoms with van der Waals surface area (Å²) >= 11 is 3.48. The van der Waals surface area contributed by atoms with Gasteiger partial charge in [-0.3, -0.25) is 0 Å². The molecular weight excluding hydrogens is 246 g/mol. The van der Waals surface area contributed by atoms with E-state index < -0.39 is 6.09 Å². The minimum atomic E-state index is -0.687. The van der Waals surface area contributed by atoms with Gasteiger partial charge in [0, 0.05) is 10.7 Å². The number of ether oxygens (including phenoxy) is 1. The van der Waals surface area contributed by atoms with Crippen LogP contribution in [0.4, 0.5) is 4.79 Å². The summed E-state index contributed by atoms with van der Waals surface area (Å²) < 4.78 is 4.90. The monoisotopic (exact) mass is 265 g/mol. The van der Waals surface area contributed by atoms with Crippen molar-refractivity contribution in [2.24, 2.45) is 17.1 Å². The Morgan fingerprint density at radius 3 is 2.43 bits per heavy atom. The lowest BCUT2D eigenvalue weighted by molar-refractivity contribution is 0.0852. The van der Waals surface area contributed by atoms with Crippen molar-refractivity contribution < 1.29 is 9.53 Å². The second-order valence-corrected chi connectivity index (χ2v) is 4.75. The average Bonchev–Trinajstić information content (AvgIpc) is 2.11. The Morgan fingerprint density at radius 2 is 2.14 bits per heavy atom. The Bertz CT molecular complexity index is 179. The number of alkyl halides is 1. The molecule has 1 atom stereocenters. The van der Waals surface area contributed by atoms with Crippen LogP contribution in [-0.2, 0) is 4.74 Å². The molecule has 0 aliphatic rings. The van der Waals surface area contributed by atoms with Gasteiger partial charge in [0.05, 0.1) is 6.61 Å². The van der Waals surface area contributed by atoms with Gasteiger partial charge in [-0.1, -0.05) is 36.7 Å². The van der Waals surface area contributed by atoms with Crippen LogP contribution in [0.25, 0.3) is 0 Å². The summed E-state index contributed by atoms with van der Waals surface area (Å²) in [5.41, 5.74) is 4.99. The minimum Gasteiger partial charge on any atom is -0.449 e. The lowest BCUT2D eigenvalue weighted by Crippen LogP contribution is -2.32. The van der Waals surface area contributed by atoms with Gasteiger partial charge in [0.2, 0.25) is 0 Å². The van der Waals surface area contributed by atoms with Crippen LogP contribution in [0, 0.1) is 11.3 Å². The maximum atomic E-state index is 10.5. The van der Waals surface area contributed by atoms with Crippen molar-refractivity contribution in [1.82, 2.24) is 0 Å². The molecule has 1 unspecified atom stereocenters. The molecule has 1 amide bonds. The van der Waals surface area contributed by atoms with Crippen LogP contribution in [0.1, 0.15) is 33.6 Å². The number of carbonyl (C=O) groups excluding carboxylic acids is 1. The standard InChI is InChI=1S/C10H20BrNO2/c1-4-10(6-11,5-8(2)3)7-14-9(12)13/h8H,4-7H2,1-3H3,(H2,12,13). The predicted octanol–water partition coefficient (Wildman–Crippen LogP) is 2.92. The fourth-order valence-electron chi connectivity index (χ4n) is 1.58. The van der Waals surface area contributed by atoms with Crippen molar-refractivity contribution in [3.63, 3.8) is 0 Å². The van der Waals surface area contributed by atoms with E-state index in [1.165, 1.54) is 0 Å². The average molecular weight is 266 g/mol. The highest BCUT2D eigenvalue weighted by atomic mass is 79.9. The summed E-state index contributed by atoms with van der Waals surface area (Å²) in [6.45, 7) is 6.84. The molecular formula is C10H20BrNO2. The van der Waals surface area contributed by atoms with Gasteiger partial charge in [-0.15, -0.1) is 0 Å². The molecule has 0 fully saturated rings. The van der Waals surface area contributed by atoms with Gasteiger partial charge >= 0.3 is 6.09 Å². The zero-order chi connectivity index (χ0) is 11.2. The van der Waals surface area contributed by atoms with Crippen molar-refractivity contribution in [1.29, 1.82) is 0 Å². The van der Waals surface area contributed by atoms with Crippen LogP contribution in [0.5, 0.6) is 0 Å². The number of nitrogens with two attached hydrogens (primary N) is 1. The van der Waals surface area contributed by atoms with Gasteiger partial charge in [-0.2, -0.15) is 0 Å². The molecule has 0 rings (SSSR count). The Kier molecular flexibility index (Phi) is 6.16. The second-order valence-electron chi connectivity index (χ2n) is 4.19. The minimum absolute atomic E-state index is 0.0309. The quantitative estimate of drug-likeness (QED) is 0.751. The van der Waals surface area contributed by atoms with Gasteiger partial charge in [0.1, 0.15) is 0 Å². The Balaban J connectivity index is 4.28. The van der Waals surface area contributed by atoms with Gasteiger partial charge < -0.3 is 10.5 Å². The first-order chi connectivity index (χ1) is 6.45. The summed E-state index contributed by atoms with van der Waals surface area (Å²) in [5.74, 6) is 0.587. The molecule has 0 aromatic carbocycles. The molecule has 0 aliphatic heterocycles. The van der Waals surface area contributed by atoms with Crippen molar-refractivity contribution in [3.8, 4) is 0 Å². The first-order valence-electron chi connectivity index (χ1n) is 4.94. The highest BCUT2D eigenvalue weighted by molar-refractivity contribution is 9.09. The predicted molar refractivity (Wildman–Crippen MR) is 61.5 cm³/mol. The highest BCUT2D eigenvalue weighted by Crippen LogP contribution is 2.32. The van der Waals surface area contributed by atoms with Crippen LogP contribution >= 0.6 is 15.9 Å². The van der Waals surface area contributed by atoms with Crippen molar-refractivity contribution >= 4 is 22.0 Å². The molecule has 0 radical (unpaired) electrons. The third kappa shape index (κ3) is 4.84. The molecule has 4 heteroatoms. The summed E-state index contributed by atoms with van der Waals surface area (Å²) in [7, 11) is 0. The second kappa shape index (κ2) is 6.27. The van der Waals surface area contributed by atoms with Crippen LogP contribution in [0.2, 0.25) is 0 Å². The molecule has 0 saturated heterocycles. The topological polar surface area (TPSA) is 52.3 Å². The summed E-state index contributed by atoms with van der Waals surface area (Å²) in [6, 6.07) is 0. The zero-order valence-electron chi connectivity index (χ0n) is 9.18. The number of rotatable bonds is 6. The number of carbonyl (C=O) groups is 1. The Hall–Kier alpha value is -0.250. The fourth-order valence-corrected chi connectivity index (χ4v) is 2.37. The van der Waals surface area contributed by atoms with Crippen LogP contribution in [0.15, 0.2) is 0 Å². The largest absolute Gasteiger partial charge is 0.449 e. The van der Waals surface area contributed by atoms with E-state index in [1.807, 2.05) is 0 Å². The molecule has 0 aromatic rings. The maximum absolute atomic E-state index is 10.5. The van der Waals surface area contributed by atoms with Crippen LogP contribution in [0.3, 0.4) is 0 Å². The smallest absolute Gasteiger partial charge is 0.404 e.